The molecule has 4 heavy (non-hydrogen) atoms. The predicted octanol–water partition coefficient (Wildman–Crippen LogP) is -3.02. The molecule has 4 heteroatoms. The van der Waals surface area contributed by atoms with Gasteiger partial charge in [0.25, 0.3) is 0 Å². The van der Waals surface area contributed by atoms with Crippen LogP contribution in [0.15, 0.2) is 0 Å². The molecule has 0 amide bonds. The van der Waals surface area contributed by atoms with Crippen LogP contribution in [0.25, 0.3) is 0 Å². The van der Waals surface area contributed by atoms with E-state index >= 15 is 0 Å². The van der Waals surface area contributed by atoms with E-state index in [9.17, 15) is 0 Å². The second-order valence-electron chi connectivity index (χ2n) is 0. The third kappa shape index (κ3) is 8.86. The van der Waals surface area contributed by atoms with Crippen LogP contribution in [0.5, 0.6) is 0 Å². The minimum atomic E-state index is 0. The standard InChI is InChI=1S/Ag.GeH4.Sb.HTe.2H/h;1H4;;1H;;. The molecule has 0 unspecified atom stereocenters. The van der Waals surface area contributed by atoms with E-state index in [1.54, 1.807) is 0 Å². The van der Waals surface area contributed by atoms with Crippen LogP contribution in [-0.2, 0) is 22.4 Å². The Morgan fingerprint density at radius 3 is 1.00 bits per heavy atom. The fourth-order valence-electron chi connectivity index (χ4n) is 0. The third-order valence-electron chi connectivity index (χ3n) is 0. The average Bonchev–Trinajstić information content (AvgIpc) is 0. The summed E-state index contributed by atoms with van der Waals surface area (Å²) in [6.45, 7) is 0. The predicted molar refractivity (Wildman–Crippen MR) is 27.0 cm³/mol. The summed E-state index contributed by atoms with van der Waals surface area (Å²) in [5.74, 6) is 0. The summed E-state index contributed by atoms with van der Waals surface area (Å²) in [6.07, 6.45) is 0. The maximum atomic E-state index is 0. The number of hydrogen-bond acceptors (Lipinski definition) is 0. The summed E-state index contributed by atoms with van der Waals surface area (Å²) in [7, 11) is 0. The zero-order valence-corrected chi connectivity index (χ0v) is 8.66. The molecule has 0 saturated carbocycles. The zero-order chi connectivity index (χ0) is 0. The van der Waals surface area contributed by atoms with Crippen LogP contribution in [0.1, 0.15) is 0 Å². The van der Waals surface area contributed by atoms with Gasteiger partial charge in [-0.3, -0.25) is 0 Å². The molecular weight excluding hydrogens is 430 g/mol. The SMILES string of the molecule is [Ag].[GeH4].[SbH2].[TeH]. The van der Waals surface area contributed by atoms with Gasteiger partial charge in [0, 0.05) is 22.4 Å². The molecular formula is H7AgGeSbTe. The van der Waals surface area contributed by atoms with Crippen molar-refractivity contribution in [1.82, 2.24) is 0 Å². The zero-order valence-electron chi connectivity index (χ0n) is 1.33. The first-order valence-corrected chi connectivity index (χ1v) is 0. The first kappa shape index (κ1) is 28.6. The Bertz CT molecular complexity index is 8.00. The van der Waals surface area contributed by atoms with Gasteiger partial charge in [-0.05, 0) is 0 Å². The van der Waals surface area contributed by atoms with Gasteiger partial charge >= 0.3 is 65.7 Å². The van der Waals surface area contributed by atoms with Crippen molar-refractivity contribution in [3.05, 3.63) is 0 Å². The first-order chi connectivity index (χ1) is 0. The summed E-state index contributed by atoms with van der Waals surface area (Å²) in [5.41, 5.74) is 0. The van der Waals surface area contributed by atoms with E-state index in [0.717, 1.165) is 0 Å². The molecule has 0 saturated heterocycles. The molecule has 33 valence electrons. The molecule has 0 heterocycles. The monoisotopic (exact) mass is 439 g/mol. The summed E-state index contributed by atoms with van der Waals surface area (Å²) < 4.78 is 0. The fraction of sp³-hybridized carbons (Fsp3) is 0. The van der Waals surface area contributed by atoms with E-state index < -0.39 is 0 Å². The number of rotatable bonds is 0. The molecule has 0 aromatic heterocycles. The molecule has 0 rings (SSSR count). The van der Waals surface area contributed by atoms with Crippen LogP contribution in [0.4, 0.5) is 0 Å². The van der Waals surface area contributed by atoms with E-state index in [1.807, 2.05) is 0 Å². The van der Waals surface area contributed by atoms with Gasteiger partial charge in [0.05, 0.1) is 0 Å². The van der Waals surface area contributed by atoms with Crippen molar-refractivity contribution in [2.45, 2.75) is 0 Å². The van der Waals surface area contributed by atoms with Crippen molar-refractivity contribution in [1.29, 1.82) is 0 Å². The van der Waals surface area contributed by atoms with Crippen LogP contribution >= 0.6 is 0 Å². The summed E-state index contributed by atoms with van der Waals surface area (Å²) in [6, 6.07) is 0. The van der Waals surface area contributed by atoms with Crippen molar-refractivity contribution in [2.24, 2.45) is 0 Å². The second kappa shape index (κ2) is 16.9. The molecule has 0 N–H and O–H groups in total. The van der Waals surface area contributed by atoms with E-state index in [1.165, 1.54) is 0 Å². The van der Waals surface area contributed by atoms with Gasteiger partial charge in [0.1, 0.15) is 0 Å². The van der Waals surface area contributed by atoms with Gasteiger partial charge in [-0.15, -0.1) is 0 Å². The summed E-state index contributed by atoms with van der Waals surface area (Å²) in [4.78, 5) is 0. The summed E-state index contributed by atoms with van der Waals surface area (Å²) >= 11 is 0. The molecule has 0 aliphatic carbocycles. The van der Waals surface area contributed by atoms with Gasteiger partial charge in [0.2, 0.25) is 0 Å². The molecule has 0 aromatic rings. The normalized spacial score (nSPS) is 0. The van der Waals surface area contributed by atoms with E-state index in [0.29, 0.717) is 0 Å². The van der Waals surface area contributed by atoms with Crippen molar-refractivity contribution in [3.8, 4) is 0 Å². The van der Waals surface area contributed by atoms with Gasteiger partial charge in [-0.1, -0.05) is 0 Å². The van der Waals surface area contributed by atoms with Gasteiger partial charge in [-0.2, -0.15) is 0 Å². The maximum absolute atomic E-state index is 0. The minimum absolute atomic E-state index is 0. The van der Waals surface area contributed by atoms with Crippen LogP contribution in [0.2, 0.25) is 0 Å². The summed E-state index contributed by atoms with van der Waals surface area (Å²) in [5, 5.41) is 0. The Kier molecular flexibility index (Phi) is 121. The van der Waals surface area contributed by atoms with Crippen LogP contribution in [0, 0.1) is 0 Å². The van der Waals surface area contributed by atoms with E-state index in [4.69, 9.17) is 0 Å². The average molecular weight is 437 g/mol. The second-order valence-corrected chi connectivity index (χ2v) is 0. The molecule has 0 spiro atoms. The Morgan fingerprint density at radius 2 is 1.00 bits per heavy atom. The molecule has 0 bridgehead atoms. The molecule has 0 aromatic carbocycles. The van der Waals surface area contributed by atoms with Gasteiger partial charge in [0.15, 0.2) is 0 Å². The van der Waals surface area contributed by atoms with Crippen molar-refractivity contribution in [2.75, 3.05) is 0 Å². The van der Waals surface area contributed by atoms with Crippen molar-refractivity contribution >= 4 is 65.7 Å². The first-order valence-electron chi connectivity index (χ1n) is 0. The van der Waals surface area contributed by atoms with Gasteiger partial charge in [-0.25, -0.2) is 0 Å². The van der Waals surface area contributed by atoms with Crippen LogP contribution in [-0.4, -0.2) is 65.7 Å². The van der Waals surface area contributed by atoms with E-state index in [-0.39, 0.29) is 88.1 Å². The van der Waals surface area contributed by atoms with Crippen molar-refractivity contribution < 1.29 is 22.4 Å². The third-order valence-corrected chi connectivity index (χ3v) is 0. The molecule has 0 aliphatic heterocycles. The molecule has 3 radical (unpaired) electrons. The topological polar surface area (TPSA) is 0 Å². The Morgan fingerprint density at radius 1 is 1.00 bits per heavy atom. The quantitative estimate of drug-likeness (QED) is 0.355. The fourth-order valence-corrected chi connectivity index (χ4v) is 0. The Balaban J connectivity index is 0. The Labute approximate surface area is 86.5 Å². The van der Waals surface area contributed by atoms with Gasteiger partial charge < -0.3 is 0 Å². The molecule has 0 nitrogen and oxygen atoms in total. The molecule has 0 aliphatic rings. The Hall–Kier alpha value is 2.89. The van der Waals surface area contributed by atoms with Crippen molar-refractivity contribution in [3.63, 3.8) is 0 Å². The van der Waals surface area contributed by atoms with E-state index in [2.05, 4.69) is 0 Å². The van der Waals surface area contributed by atoms with Crippen LogP contribution in [0.3, 0.4) is 0 Å². The molecule has 0 atom stereocenters. The number of hydrogen-bond donors (Lipinski definition) is 0. The molecule has 0 fully saturated rings. The van der Waals surface area contributed by atoms with Crippen LogP contribution < -0.4 is 0 Å².